The molecule has 29 heavy (non-hydrogen) atoms. The van der Waals surface area contributed by atoms with Crippen molar-refractivity contribution in [3.05, 3.63) is 120 Å². The van der Waals surface area contributed by atoms with E-state index in [1.165, 1.54) is 18.1 Å². The Hall–Kier alpha value is -3.04. The number of carbonyl (C=O) groups is 1. The number of thioether (sulfide) groups is 1. The summed E-state index contributed by atoms with van der Waals surface area (Å²) >= 11 is 1.81. The number of hydrogen-bond acceptors (Lipinski definition) is 3. The Kier molecular flexibility index (Phi) is 7.90. The molecule has 0 aromatic heterocycles. The first-order valence-corrected chi connectivity index (χ1v) is 10.5. The summed E-state index contributed by atoms with van der Waals surface area (Å²) < 4.78 is 4.81. The molecule has 0 atom stereocenters. The zero-order valence-corrected chi connectivity index (χ0v) is 17.3. The van der Waals surface area contributed by atoms with E-state index in [1.54, 1.807) is 0 Å². The highest BCUT2D eigenvalue weighted by molar-refractivity contribution is 7.99. The second-order valence-electron chi connectivity index (χ2n) is 6.40. The lowest BCUT2D eigenvalue weighted by molar-refractivity contribution is -0.134. The van der Waals surface area contributed by atoms with Gasteiger partial charge >= 0.3 is 5.97 Å². The maximum Gasteiger partial charge on any atom is 0.330 e. The maximum atomic E-state index is 11.8. The topological polar surface area (TPSA) is 26.3 Å². The third kappa shape index (κ3) is 6.23. The summed E-state index contributed by atoms with van der Waals surface area (Å²) in [5.74, 6) is 0.562. The third-order valence-corrected chi connectivity index (χ3v) is 5.46. The lowest BCUT2D eigenvalue weighted by Gasteiger charge is -2.14. The molecule has 3 heteroatoms. The van der Waals surface area contributed by atoms with E-state index in [0.717, 1.165) is 34.4 Å². The first-order chi connectivity index (χ1) is 14.3. The molecular formula is C26H24O2S. The van der Waals surface area contributed by atoms with Crippen LogP contribution in [0.3, 0.4) is 0 Å². The van der Waals surface area contributed by atoms with E-state index in [2.05, 4.69) is 48.5 Å². The molecule has 3 aromatic rings. The summed E-state index contributed by atoms with van der Waals surface area (Å²) in [6, 6.07) is 31.0. The van der Waals surface area contributed by atoms with Gasteiger partial charge in [-0.1, -0.05) is 84.9 Å². The number of esters is 1. The molecule has 0 aliphatic heterocycles. The molecule has 146 valence electrons. The summed E-state index contributed by atoms with van der Waals surface area (Å²) in [5.41, 5.74) is 4.51. The Labute approximate surface area is 176 Å². The van der Waals surface area contributed by atoms with Gasteiger partial charge in [-0.15, -0.1) is 11.8 Å². The molecule has 0 aliphatic rings. The highest BCUT2D eigenvalue weighted by Crippen LogP contribution is 2.31. The molecule has 2 nitrogen and oxygen atoms in total. The van der Waals surface area contributed by atoms with Crippen LogP contribution in [-0.4, -0.2) is 18.8 Å². The number of hydrogen-bond donors (Lipinski definition) is 0. The lowest BCUT2D eigenvalue weighted by Crippen LogP contribution is -1.98. The second kappa shape index (κ2) is 11.1. The van der Waals surface area contributed by atoms with E-state index in [0.29, 0.717) is 0 Å². The molecule has 0 unspecified atom stereocenters. The van der Waals surface area contributed by atoms with Crippen LogP contribution in [0.25, 0.3) is 5.57 Å². The van der Waals surface area contributed by atoms with Gasteiger partial charge in [-0.2, -0.15) is 0 Å². The number of carbonyl (C=O) groups excluding carboxylic acids is 1. The molecule has 0 amide bonds. The molecule has 0 aliphatic carbocycles. The quantitative estimate of drug-likeness (QED) is 0.189. The highest BCUT2D eigenvalue weighted by atomic mass is 32.2. The predicted molar refractivity (Wildman–Crippen MR) is 122 cm³/mol. The summed E-state index contributed by atoms with van der Waals surface area (Å²) in [4.78, 5) is 13.0. The van der Waals surface area contributed by atoms with Gasteiger partial charge in [0, 0.05) is 16.7 Å². The molecule has 0 saturated carbocycles. The largest absolute Gasteiger partial charge is 0.466 e. The zero-order valence-electron chi connectivity index (χ0n) is 16.5. The molecule has 0 spiro atoms. The fourth-order valence-electron chi connectivity index (χ4n) is 3.07. The number of allylic oxidation sites excluding steroid dienone is 2. The van der Waals surface area contributed by atoms with Crippen molar-refractivity contribution in [2.75, 3.05) is 12.9 Å². The first-order valence-electron chi connectivity index (χ1n) is 9.56. The van der Waals surface area contributed by atoms with Gasteiger partial charge in [0.1, 0.15) is 0 Å². The van der Waals surface area contributed by atoms with Crippen molar-refractivity contribution in [3.63, 3.8) is 0 Å². The number of ether oxygens (including phenoxy) is 1. The summed E-state index contributed by atoms with van der Waals surface area (Å²) in [7, 11) is 1.40. The molecule has 0 N–H and O–H groups in total. The molecule has 3 aromatic carbocycles. The predicted octanol–water partition coefficient (Wildman–Crippen LogP) is 6.40. The normalized spacial score (nSPS) is 10.7. The van der Waals surface area contributed by atoms with E-state index in [4.69, 9.17) is 4.74 Å². The summed E-state index contributed by atoms with van der Waals surface area (Å²) in [6.07, 6.45) is 4.23. The summed E-state index contributed by atoms with van der Waals surface area (Å²) in [6.45, 7) is 0. The molecule has 0 radical (unpaired) electrons. The average molecular weight is 401 g/mol. The first kappa shape index (κ1) is 20.7. The smallest absolute Gasteiger partial charge is 0.330 e. The van der Waals surface area contributed by atoms with Gasteiger partial charge in [-0.25, -0.2) is 4.79 Å². The molecule has 0 saturated heterocycles. The van der Waals surface area contributed by atoms with Crippen LogP contribution in [0.4, 0.5) is 0 Å². The molecular weight excluding hydrogens is 376 g/mol. The fraction of sp³-hybridized carbons (Fsp3) is 0.115. The van der Waals surface area contributed by atoms with Gasteiger partial charge in [0.25, 0.3) is 0 Å². The molecule has 0 fully saturated rings. The Morgan fingerprint density at radius 1 is 0.793 bits per heavy atom. The Morgan fingerprint density at radius 3 is 1.83 bits per heavy atom. The van der Waals surface area contributed by atoms with Crippen molar-refractivity contribution in [1.29, 1.82) is 0 Å². The Bertz CT molecular complexity index is 920. The minimum absolute atomic E-state index is 0.348. The second-order valence-corrected chi connectivity index (χ2v) is 7.57. The molecule has 0 heterocycles. The van der Waals surface area contributed by atoms with E-state index in [1.807, 2.05) is 60.3 Å². The van der Waals surface area contributed by atoms with Crippen LogP contribution in [-0.2, 0) is 9.53 Å². The van der Waals surface area contributed by atoms with Crippen LogP contribution in [0, 0.1) is 0 Å². The minimum atomic E-state index is -0.348. The van der Waals surface area contributed by atoms with E-state index < -0.39 is 0 Å². The average Bonchev–Trinajstić information content (AvgIpc) is 2.79. The van der Waals surface area contributed by atoms with Crippen LogP contribution >= 0.6 is 11.8 Å². The SMILES string of the molecule is COC(=O)/C=C/C(CCSc1ccccc1)=C(c1ccccc1)c1ccccc1. The highest BCUT2D eigenvalue weighted by Gasteiger charge is 2.11. The fourth-order valence-corrected chi connectivity index (χ4v) is 3.98. The van der Waals surface area contributed by atoms with Crippen molar-refractivity contribution >= 4 is 23.3 Å². The third-order valence-electron chi connectivity index (χ3n) is 4.45. The Morgan fingerprint density at radius 2 is 1.31 bits per heavy atom. The van der Waals surface area contributed by atoms with Gasteiger partial charge in [-0.3, -0.25) is 0 Å². The van der Waals surface area contributed by atoms with E-state index in [9.17, 15) is 4.79 Å². The lowest BCUT2D eigenvalue weighted by atomic mass is 9.91. The van der Waals surface area contributed by atoms with Gasteiger partial charge in [0.2, 0.25) is 0 Å². The van der Waals surface area contributed by atoms with Crippen molar-refractivity contribution in [1.82, 2.24) is 0 Å². The van der Waals surface area contributed by atoms with Crippen LogP contribution in [0.2, 0.25) is 0 Å². The van der Waals surface area contributed by atoms with E-state index >= 15 is 0 Å². The van der Waals surface area contributed by atoms with Crippen LogP contribution in [0.1, 0.15) is 17.5 Å². The monoisotopic (exact) mass is 400 g/mol. The van der Waals surface area contributed by atoms with Crippen LogP contribution < -0.4 is 0 Å². The zero-order chi connectivity index (χ0) is 20.3. The van der Waals surface area contributed by atoms with Crippen molar-refractivity contribution in [2.24, 2.45) is 0 Å². The summed E-state index contributed by atoms with van der Waals surface area (Å²) in [5, 5.41) is 0. The minimum Gasteiger partial charge on any atom is -0.466 e. The standard InChI is InChI=1S/C26H24O2S/c1-28-25(27)18-17-23(19-20-29-24-15-9-4-10-16-24)26(21-11-5-2-6-12-21)22-13-7-3-8-14-22/h2-18H,19-20H2,1H3/b18-17+. The van der Waals surface area contributed by atoms with Crippen LogP contribution in [0.15, 0.2) is 114 Å². The van der Waals surface area contributed by atoms with Gasteiger partial charge in [0.05, 0.1) is 7.11 Å². The van der Waals surface area contributed by atoms with Gasteiger partial charge in [-0.05, 0) is 40.8 Å². The number of methoxy groups -OCH3 is 1. The van der Waals surface area contributed by atoms with Gasteiger partial charge in [0.15, 0.2) is 0 Å². The molecule has 3 rings (SSSR count). The van der Waals surface area contributed by atoms with E-state index in [-0.39, 0.29) is 5.97 Å². The maximum absolute atomic E-state index is 11.8. The number of rotatable bonds is 8. The van der Waals surface area contributed by atoms with Crippen molar-refractivity contribution in [2.45, 2.75) is 11.3 Å². The molecule has 0 bridgehead atoms. The van der Waals surface area contributed by atoms with Gasteiger partial charge < -0.3 is 4.74 Å². The van der Waals surface area contributed by atoms with Crippen molar-refractivity contribution < 1.29 is 9.53 Å². The Balaban J connectivity index is 1.99. The van der Waals surface area contributed by atoms with Crippen LogP contribution in [0.5, 0.6) is 0 Å². The number of benzene rings is 3. The van der Waals surface area contributed by atoms with Crippen molar-refractivity contribution in [3.8, 4) is 0 Å².